The molecule has 2 aromatic rings. The first kappa shape index (κ1) is 16.2. The minimum Gasteiger partial charge on any atom is -0.529 e. The van der Waals surface area contributed by atoms with Gasteiger partial charge in [-0.1, -0.05) is 13.8 Å². The van der Waals surface area contributed by atoms with Crippen molar-refractivity contribution in [3.05, 3.63) is 48.5 Å². The third-order valence-corrected chi connectivity index (χ3v) is 4.51. The summed E-state index contributed by atoms with van der Waals surface area (Å²) >= 11 is 3.64. The van der Waals surface area contributed by atoms with E-state index in [4.69, 9.17) is 9.31 Å². The van der Waals surface area contributed by atoms with Crippen LogP contribution in [0.2, 0.25) is 0 Å². The molecule has 0 saturated carbocycles. The zero-order valence-corrected chi connectivity index (χ0v) is 14.0. The van der Waals surface area contributed by atoms with Gasteiger partial charge in [0.25, 0.3) is 0 Å². The van der Waals surface area contributed by atoms with E-state index in [1.165, 1.54) is 9.79 Å². The van der Waals surface area contributed by atoms with Gasteiger partial charge in [0.15, 0.2) is 0 Å². The van der Waals surface area contributed by atoms with E-state index in [0.29, 0.717) is 0 Å². The predicted molar refractivity (Wildman–Crippen MR) is 94.1 cm³/mol. The van der Waals surface area contributed by atoms with Crippen molar-refractivity contribution in [2.24, 2.45) is 0 Å². The predicted octanol–water partition coefficient (Wildman–Crippen LogP) is 4.63. The molecular weight excluding hydrogens is 299 g/mol. The van der Waals surface area contributed by atoms with Crippen molar-refractivity contribution in [3.8, 4) is 11.5 Å². The average Bonchev–Trinajstić information content (AvgIpc) is 2.51. The van der Waals surface area contributed by atoms with Gasteiger partial charge in [0.2, 0.25) is 0 Å². The Hall–Kier alpha value is -1.20. The Balaban J connectivity index is 1.78. The second kappa shape index (κ2) is 8.95. The lowest BCUT2D eigenvalue weighted by Gasteiger charge is -2.08. The van der Waals surface area contributed by atoms with Crippen molar-refractivity contribution in [2.75, 3.05) is 11.5 Å². The SMILES string of the molecule is CCSc1ccc(OBOc2ccc(SCC)cc2)cc1. The minimum absolute atomic E-state index is 0.223. The van der Waals surface area contributed by atoms with Gasteiger partial charge in [-0.25, -0.2) is 0 Å². The van der Waals surface area contributed by atoms with Gasteiger partial charge in [0.1, 0.15) is 11.5 Å². The minimum atomic E-state index is 0.223. The van der Waals surface area contributed by atoms with E-state index in [1.807, 2.05) is 47.8 Å². The molecule has 0 N–H and O–H groups in total. The Labute approximate surface area is 135 Å². The Morgan fingerprint density at radius 3 is 1.43 bits per heavy atom. The van der Waals surface area contributed by atoms with Crippen molar-refractivity contribution >= 4 is 31.2 Å². The molecule has 0 fully saturated rings. The van der Waals surface area contributed by atoms with Crippen molar-refractivity contribution < 1.29 is 9.31 Å². The van der Waals surface area contributed by atoms with E-state index in [-0.39, 0.29) is 7.69 Å². The van der Waals surface area contributed by atoms with Crippen LogP contribution in [0.15, 0.2) is 58.3 Å². The van der Waals surface area contributed by atoms with Gasteiger partial charge in [-0.15, -0.1) is 23.5 Å². The van der Waals surface area contributed by atoms with Crippen molar-refractivity contribution in [3.63, 3.8) is 0 Å². The molecule has 0 spiro atoms. The molecule has 2 aromatic carbocycles. The van der Waals surface area contributed by atoms with Gasteiger partial charge < -0.3 is 9.31 Å². The standard InChI is InChI=1S/C16H19BO2S2/c1-3-20-15-9-5-13(6-10-15)18-17-19-14-7-11-16(12-8-14)21-4-2/h5-12,17H,3-4H2,1-2H3. The van der Waals surface area contributed by atoms with E-state index in [1.54, 1.807) is 0 Å². The lowest BCUT2D eigenvalue weighted by molar-refractivity contribution is 0.458. The molecule has 0 heterocycles. The van der Waals surface area contributed by atoms with Gasteiger partial charge in [0, 0.05) is 9.79 Å². The quantitative estimate of drug-likeness (QED) is 0.521. The number of thioether (sulfide) groups is 2. The Bertz CT molecular complexity index is 479. The molecule has 2 rings (SSSR count). The summed E-state index contributed by atoms with van der Waals surface area (Å²) in [4.78, 5) is 2.52. The molecule has 0 aliphatic rings. The van der Waals surface area contributed by atoms with Crippen LogP contribution in [0.5, 0.6) is 11.5 Å². The third kappa shape index (κ3) is 5.60. The first-order valence-electron chi connectivity index (χ1n) is 7.03. The van der Waals surface area contributed by atoms with Crippen LogP contribution < -0.4 is 9.31 Å². The normalized spacial score (nSPS) is 10.2. The molecule has 0 aromatic heterocycles. The highest BCUT2D eigenvalue weighted by atomic mass is 32.2. The molecule has 0 radical (unpaired) electrons. The smallest absolute Gasteiger partial charge is 0.529 e. The van der Waals surface area contributed by atoms with Gasteiger partial charge in [-0.3, -0.25) is 0 Å². The summed E-state index contributed by atoms with van der Waals surface area (Å²) in [6, 6.07) is 16.2. The molecule has 0 amide bonds. The summed E-state index contributed by atoms with van der Waals surface area (Å²) in [6.45, 7) is 4.29. The fourth-order valence-electron chi connectivity index (χ4n) is 1.76. The molecule has 0 atom stereocenters. The van der Waals surface area contributed by atoms with Crippen molar-refractivity contribution in [1.29, 1.82) is 0 Å². The van der Waals surface area contributed by atoms with Crippen molar-refractivity contribution in [1.82, 2.24) is 0 Å². The second-order valence-electron chi connectivity index (χ2n) is 4.22. The van der Waals surface area contributed by atoms with E-state index in [0.717, 1.165) is 23.0 Å². The van der Waals surface area contributed by atoms with Crippen LogP contribution in [0.4, 0.5) is 0 Å². The summed E-state index contributed by atoms with van der Waals surface area (Å²) in [5, 5.41) is 0. The van der Waals surface area contributed by atoms with E-state index >= 15 is 0 Å². The molecule has 21 heavy (non-hydrogen) atoms. The van der Waals surface area contributed by atoms with Crippen LogP contribution in [0.1, 0.15) is 13.8 Å². The van der Waals surface area contributed by atoms with Gasteiger partial charge >= 0.3 is 7.69 Å². The number of rotatable bonds is 8. The first-order valence-corrected chi connectivity index (χ1v) is 9.00. The molecule has 0 saturated heterocycles. The molecule has 5 heteroatoms. The molecular formula is C16H19BO2S2. The highest BCUT2D eigenvalue weighted by Gasteiger charge is 2.01. The molecule has 2 nitrogen and oxygen atoms in total. The number of benzene rings is 2. The van der Waals surface area contributed by atoms with E-state index in [9.17, 15) is 0 Å². The monoisotopic (exact) mass is 318 g/mol. The van der Waals surface area contributed by atoms with Crippen LogP contribution in [-0.4, -0.2) is 19.2 Å². The van der Waals surface area contributed by atoms with Gasteiger partial charge in [-0.2, -0.15) is 0 Å². The van der Waals surface area contributed by atoms with Gasteiger partial charge in [-0.05, 0) is 60.0 Å². The highest BCUT2D eigenvalue weighted by molar-refractivity contribution is 7.99. The molecule has 0 aliphatic carbocycles. The topological polar surface area (TPSA) is 18.5 Å². The van der Waals surface area contributed by atoms with Crippen LogP contribution in [0.3, 0.4) is 0 Å². The van der Waals surface area contributed by atoms with Crippen LogP contribution in [0.25, 0.3) is 0 Å². The summed E-state index contributed by atoms with van der Waals surface area (Å²) in [7, 11) is 0.223. The van der Waals surface area contributed by atoms with Crippen LogP contribution in [0, 0.1) is 0 Å². The number of hydrogen-bond acceptors (Lipinski definition) is 4. The Kier molecular flexibility index (Phi) is 6.90. The fraction of sp³-hybridized carbons (Fsp3) is 0.250. The average molecular weight is 318 g/mol. The maximum atomic E-state index is 5.58. The molecule has 0 aliphatic heterocycles. The summed E-state index contributed by atoms with van der Waals surface area (Å²) in [6.07, 6.45) is 0. The van der Waals surface area contributed by atoms with E-state index < -0.39 is 0 Å². The third-order valence-electron chi connectivity index (χ3n) is 2.72. The van der Waals surface area contributed by atoms with Crippen molar-refractivity contribution in [2.45, 2.75) is 23.6 Å². The van der Waals surface area contributed by atoms with E-state index in [2.05, 4.69) is 38.1 Å². The summed E-state index contributed by atoms with van der Waals surface area (Å²) in [5.41, 5.74) is 0. The van der Waals surface area contributed by atoms with Crippen LogP contribution >= 0.6 is 23.5 Å². The zero-order chi connectivity index (χ0) is 14.9. The number of hydrogen-bond donors (Lipinski definition) is 0. The highest BCUT2D eigenvalue weighted by Crippen LogP contribution is 2.22. The molecule has 110 valence electrons. The Morgan fingerprint density at radius 2 is 1.10 bits per heavy atom. The first-order chi connectivity index (χ1) is 10.3. The maximum Gasteiger partial charge on any atom is 0.576 e. The van der Waals surface area contributed by atoms with Crippen LogP contribution in [-0.2, 0) is 0 Å². The lowest BCUT2D eigenvalue weighted by Crippen LogP contribution is -2.10. The molecule has 0 unspecified atom stereocenters. The fourth-order valence-corrected chi connectivity index (χ4v) is 3.09. The Morgan fingerprint density at radius 1 is 0.714 bits per heavy atom. The van der Waals surface area contributed by atoms with Gasteiger partial charge in [0.05, 0.1) is 0 Å². The second-order valence-corrected chi connectivity index (χ2v) is 6.89. The molecule has 0 bridgehead atoms. The summed E-state index contributed by atoms with van der Waals surface area (Å²) < 4.78 is 11.2. The lowest BCUT2D eigenvalue weighted by atomic mass is 10.3. The zero-order valence-electron chi connectivity index (χ0n) is 12.4. The largest absolute Gasteiger partial charge is 0.576 e. The summed E-state index contributed by atoms with van der Waals surface area (Å²) in [5.74, 6) is 3.81. The maximum absolute atomic E-state index is 5.58.